The van der Waals surface area contributed by atoms with Crippen LogP contribution in [0.4, 0.5) is 0 Å². The van der Waals surface area contributed by atoms with Crippen LogP contribution in [0, 0.1) is 11.8 Å². The molecule has 0 heterocycles. The van der Waals surface area contributed by atoms with Crippen LogP contribution in [0.1, 0.15) is 81.0 Å². The van der Waals surface area contributed by atoms with Gasteiger partial charge in [0.1, 0.15) is 0 Å². The second-order valence-electron chi connectivity index (χ2n) is 8.88. The molecule has 178 valence electrons. The molecule has 3 unspecified atom stereocenters. The number of hydrogen-bond donors (Lipinski definition) is 2. The van der Waals surface area contributed by atoms with E-state index in [2.05, 4.69) is 15.3 Å². The molecular formula is C24H39N5O3. The van der Waals surface area contributed by atoms with E-state index in [4.69, 9.17) is 5.53 Å². The van der Waals surface area contributed by atoms with Gasteiger partial charge >= 0.3 is 0 Å². The van der Waals surface area contributed by atoms with Gasteiger partial charge in [0.25, 0.3) is 11.8 Å². The number of amides is 2. The Morgan fingerprint density at radius 3 is 2.28 bits per heavy atom. The summed E-state index contributed by atoms with van der Waals surface area (Å²) in [5, 5.41) is 16.4. The Labute approximate surface area is 192 Å². The first-order valence-electron chi connectivity index (χ1n) is 11.6. The van der Waals surface area contributed by atoms with Crippen LogP contribution >= 0.6 is 0 Å². The molecule has 0 aliphatic carbocycles. The summed E-state index contributed by atoms with van der Waals surface area (Å²) in [4.78, 5) is 30.8. The van der Waals surface area contributed by atoms with E-state index in [1.54, 1.807) is 24.3 Å². The maximum atomic E-state index is 13.1. The fourth-order valence-electron chi connectivity index (χ4n) is 3.75. The summed E-state index contributed by atoms with van der Waals surface area (Å²) in [6.07, 6.45) is 2.85. The minimum Gasteiger partial charge on any atom is -0.396 e. The van der Waals surface area contributed by atoms with Crippen LogP contribution in [0.3, 0.4) is 0 Å². The van der Waals surface area contributed by atoms with Crippen LogP contribution in [0.5, 0.6) is 0 Å². The molecule has 1 aromatic carbocycles. The van der Waals surface area contributed by atoms with Gasteiger partial charge in [0.05, 0.1) is 6.04 Å². The normalized spacial score (nSPS) is 13.7. The molecule has 0 spiro atoms. The topological polar surface area (TPSA) is 118 Å². The molecule has 2 N–H and O–H groups in total. The van der Waals surface area contributed by atoms with Gasteiger partial charge in [-0.15, -0.1) is 0 Å². The smallest absolute Gasteiger partial charge is 0.253 e. The van der Waals surface area contributed by atoms with Crippen LogP contribution in [0.25, 0.3) is 10.4 Å². The Kier molecular flexibility index (Phi) is 12.4. The summed E-state index contributed by atoms with van der Waals surface area (Å²) in [6.45, 7) is 11.4. The highest BCUT2D eigenvalue weighted by molar-refractivity contribution is 5.99. The number of azide groups is 1. The first kappa shape index (κ1) is 27.5. The lowest BCUT2D eigenvalue weighted by Gasteiger charge is -2.28. The van der Waals surface area contributed by atoms with Gasteiger partial charge in [-0.2, -0.15) is 0 Å². The third-order valence-corrected chi connectivity index (χ3v) is 5.31. The third kappa shape index (κ3) is 8.89. The molecule has 3 atom stereocenters. The number of nitrogens with zero attached hydrogens (tertiary/aromatic N) is 4. The molecular weight excluding hydrogens is 406 g/mol. The Hall–Kier alpha value is -2.57. The number of aliphatic hydroxyl groups excluding tert-OH is 1. The largest absolute Gasteiger partial charge is 0.396 e. The van der Waals surface area contributed by atoms with Gasteiger partial charge in [0.2, 0.25) is 0 Å². The van der Waals surface area contributed by atoms with Crippen molar-refractivity contribution >= 4 is 11.8 Å². The molecule has 1 aromatic rings. The standard InChI is InChI=1S/C24H39N5O3/c1-6-11-29(12-7-2)24(32)20-10-8-9-19(15-20)23(31)26-21(13-17(3)4)22(27-28-25)14-18(5)16-30/h8-10,15,17-18,21-22,30H,6-7,11-14,16H2,1-5H3,(H,26,31). The van der Waals surface area contributed by atoms with E-state index in [9.17, 15) is 14.7 Å². The second-order valence-corrected chi connectivity index (χ2v) is 8.88. The molecule has 0 saturated carbocycles. The minimum atomic E-state index is -0.470. The maximum Gasteiger partial charge on any atom is 0.253 e. The molecule has 0 aliphatic rings. The van der Waals surface area contributed by atoms with Gasteiger partial charge in [-0.05, 0) is 61.2 Å². The first-order valence-corrected chi connectivity index (χ1v) is 11.6. The highest BCUT2D eigenvalue weighted by Crippen LogP contribution is 2.19. The average Bonchev–Trinajstić information content (AvgIpc) is 2.77. The van der Waals surface area contributed by atoms with Crippen molar-refractivity contribution in [2.24, 2.45) is 17.0 Å². The van der Waals surface area contributed by atoms with E-state index in [1.165, 1.54) is 0 Å². The summed E-state index contributed by atoms with van der Waals surface area (Å²) < 4.78 is 0. The molecule has 0 saturated heterocycles. The van der Waals surface area contributed by atoms with Crippen molar-refractivity contribution in [3.05, 3.63) is 45.8 Å². The van der Waals surface area contributed by atoms with Crippen molar-refractivity contribution in [2.75, 3.05) is 19.7 Å². The van der Waals surface area contributed by atoms with E-state index in [-0.39, 0.29) is 36.3 Å². The number of carbonyl (C=O) groups excluding carboxylic acids is 2. The molecule has 1 rings (SSSR count). The van der Waals surface area contributed by atoms with E-state index >= 15 is 0 Å². The van der Waals surface area contributed by atoms with Gasteiger partial charge in [-0.3, -0.25) is 9.59 Å². The van der Waals surface area contributed by atoms with Gasteiger partial charge in [-0.1, -0.05) is 45.8 Å². The maximum absolute atomic E-state index is 13.1. The highest BCUT2D eigenvalue weighted by atomic mass is 16.3. The predicted octanol–water partition coefficient (Wildman–Crippen LogP) is 4.79. The zero-order chi connectivity index (χ0) is 24.1. The van der Waals surface area contributed by atoms with Gasteiger partial charge in [0.15, 0.2) is 0 Å². The quantitative estimate of drug-likeness (QED) is 0.243. The van der Waals surface area contributed by atoms with Crippen molar-refractivity contribution in [3.8, 4) is 0 Å². The zero-order valence-corrected chi connectivity index (χ0v) is 20.1. The van der Waals surface area contributed by atoms with Gasteiger partial charge < -0.3 is 15.3 Å². The Morgan fingerprint density at radius 2 is 1.75 bits per heavy atom. The van der Waals surface area contributed by atoms with E-state index in [1.807, 2.05) is 39.5 Å². The molecule has 8 nitrogen and oxygen atoms in total. The molecule has 2 amide bonds. The lowest BCUT2D eigenvalue weighted by molar-refractivity contribution is 0.0755. The summed E-state index contributed by atoms with van der Waals surface area (Å²) in [7, 11) is 0. The predicted molar refractivity (Wildman–Crippen MR) is 127 cm³/mol. The molecule has 0 bridgehead atoms. The summed E-state index contributed by atoms with van der Waals surface area (Å²) in [5.74, 6) is -0.171. The Bertz CT molecular complexity index is 771. The molecule has 32 heavy (non-hydrogen) atoms. The third-order valence-electron chi connectivity index (χ3n) is 5.31. The molecule has 0 aromatic heterocycles. The molecule has 8 heteroatoms. The molecule has 0 radical (unpaired) electrons. The lowest BCUT2D eigenvalue weighted by Crippen LogP contribution is -2.44. The first-order chi connectivity index (χ1) is 15.3. The zero-order valence-electron chi connectivity index (χ0n) is 20.1. The minimum absolute atomic E-state index is 0.0179. The highest BCUT2D eigenvalue weighted by Gasteiger charge is 2.26. The monoisotopic (exact) mass is 445 g/mol. The van der Waals surface area contributed by atoms with E-state index in [0.29, 0.717) is 37.1 Å². The van der Waals surface area contributed by atoms with Gasteiger partial charge in [-0.25, -0.2) is 0 Å². The SMILES string of the molecule is CCCN(CCC)C(=O)c1cccc(C(=O)NC(CC(C)C)C(CC(C)CO)N=[N+]=[N-])c1. The van der Waals surface area contributed by atoms with Gasteiger partial charge in [0, 0.05) is 41.8 Å². The number of hydrogen-bond acceptors (Lipinski definition) is 4. The Morgan fingerprint density at radius 1 is 1.12 bits per heavy atom. The fraction of sp³-hybridized carbons (Fsp3) is 0.667. The van der Waals surface area contributed by atoms with Crippen LogP contribution in [0.2, 0.25) is 0 Å². The van der Waals surface area contributed by atoms with Crippen LogP contribution < -0.4 is 5.32 Å². The van der Waals surface area contributed by atoms with Crippen molar-refractivity contribution in [1.82, 2.24) is 10.2 Å². The van der Waals surface area contributed by atoms with Crippen molar-refractivity contribution in [1.29, 1.82) is 0 Å². The molecule has 0 aliphatic heterocycles. The van der Waals surface area contributed by atoms with E-state index < -0.39 is 6.04 Å². The van der Waals surface area contributed by atoms with Crippen molar-refractivity contribution in [2.45, 2.75) is 72.4 Å². The Balaban J connectivity index is 3.11. The number of carbonyl (C=O) groups is 2. The second kappa shape index (κ2) is 14.5. The number of benzene rings is 1. The summed E-state index contributed by atoms with van der Waals surface area (Å²) in [6, 6.07) is 5.91. The van der Waals surface area contributed by atoms with E-state index in [0.717, 1.165) is 12.8 Å². The summed E-state index contributed by atoms with van der Waals surface area (Å²) >= 11 is 0. The van der Waals surface area contributed by atoms with Crippen LogP contribution in [0.15, 0.2) is 29.4 Å². The van der Waals surface area contributed by atoms with Crippen LogP contribution in [-0.2, 0) is 0 Å². The number of nitrogens with one attached hydrogen (secondary N) is 1. The lowest BCUT2D eigenvalue weighted by atomic mass is 9.91. The number of aliphatic hydroxyl groups is 1. The number of rotatable bonds is 14. The van der Waals surface area contributed by atoms with Crippen LogP contribution in [-0.4, -0.2) is 53.6 Å². The summed E-state index contributed by atoms with van der Waals surface area (Å²) in [5.41, 5.74) is 9.92. The van der Waals surface area contributed by atoms with Crippen molar-refractivity contribution in [3.63, 3.8) is 0 Å². The average molecular weight is 446 g/mol. The molecule has 0 fully saturated rings. The van der Waals surface area contributed by atoms with Crippen molar-refractivity contribution < 1.29 is 14.7 Å². The fourth-order valence-corrected chi connectivity index (χ4v) is 3.75.